The highest BCUT2D eigenvalue weighted by Gasteiger charge is 2.56. The van der Waals surface area contributed by atoms with E-state index in [1.54, 1.807) is 5.32 Å². The highest BCUT2D eigenvalue weighted by Crippen LogP contribution is 2.45. The van der Waals surface area contributed by atoms with Gasteiger partial charge in [-0.3, -0.25) is 14.4 Å². The molecule has 4 N–H and O–H groups in total. The molecule has 0 aliphatic rings. The fourth-order valence-electron chi connectivity index (χ4n) is 3.67. The van der Waals surface area contributed by atoms with Gasteiger partial charge in [-0.1, -0.05) is 35.9 Å². The summed E-state index contributed by atoms with van der Waals surface area (Å²) < 4.78 is 115. The summed E-state index contributed by atoms with van der Waals surface area (Å²) >= 11 is 5.58. The molecule has 42 heavy (non-hydrogen) atoms. The summed E-state index contributed by atoms with van der Waals surface area (Å²) in [5.74, 6) is -2.74. The Morgan fingerprint density at radius 1 is 0.833 bits per heavy atom. The molecule has 1 unspecified atom stereocenters. The molecule has 0 bridgehead atoms. The van der Waals surface area contributed by atoms with Crippen LogP contribution in [0, 0.1) is 0 Å². The molecule has 3 aromatic rings. The lowest BCUT2D eigenvalue weighted by atomic mass is 9.84. The predicted molar refractivity (Wildman–Crippen MR) is 133 cm³/mol. The number of primary amides is 1. The number of ketones is 1. The van der Waals surface area contributed by atoms with Crippen molar-refractivity contribution in [2.45, 2.75) is 37.5 Å². The summed E-state index contributed by atoms with van der Waals surface area (Å²) in [5.41, 5.74) is -1.71. The molecule has 0 aromatic heterocycles. The number of hydrogen-bond acceptors (Lipinski definition) is 4. The van der Waals surface area contributed by atoms with Crippen molar-refractivity contribution in [3.05, 3.63) is 81.9 Å². The lowest BCUT2D eigenvalue weighted by molar-refractivity contribution is -0.265. The van der Waals surface area contributed by atoms with E-state index in [0.29, 0.717) is 12.1 Å². The molecular weight excluding hydrogens is 611 g/mol. The second-order valence-electron chi connectivity index (χ2n) is 8.78. The van der Waals surface area contributed by atoms with Gasteiger partial charge in [-0.05, 0) is 46.7 Å². The van der Waals surface area contributed by atoms with Crippen molar-refractivity contribution in [2.24, 2.45) is 5.73 Å². The molecule has 16 heteroatoms. The number of fused-ring (bicyclic) bond motifs is 1. The Morgan fingerprint density at radius 3 is 1.76 bits per heavy atom. The van der Waals surface area contributed by atoms with Crippen LogP contribution >= 0.6 is 11.6 Å². The number of hydrogen-bond donors (Lipinski definition) is 3. The number of nitrogens with two attached hydrogens (primary N) is 1. The lowest BCUT2D eigenvalue weighted by Crippen LogP contribution is -2.44. The third kappa shape index (κ3) is 8.58. The number of carbonyl (C=O) groups is 3. The molecule has 0 saturated carbocycles. The number of carbonyl (C=O) groups excluding carboxylic acids is 3. The van der Waals surface area contributed by atoms with Gasteiger partial charge in [0.2, 0.25) is 11.8 Å². The van der Waals surface area contributed by atoms with E-state index >= 15 is 0 Å². The Bertz CT molecular complexity index is 1490. The van der Waals surface area contributed by atoms with Crippen LogP contribution in [-0.4, -0.2) is 41.6 Å². The second kappa shape index (κ2) is 12.6. The number of rotatable bonds is 6. The summed E-state index contributed by atoms with van der Waals surface area (Å²) in [6.45, 7) is -0.214. The first-order valence-corrected chi connectivity index (χ1v) is 11.8. The number of alkyl halides is 9. The zero-order chi connectivity index (χ0) is 32.3. The third-order valence-corrected chi connectivity index (χ3v) is 5.83. The highest BCUT2D eigenvalue weighted by molar-refractivity contribution is 6.30. The summed E-state index contributed by atoms with van der Waals surface area (Å²) in [6.07, 6.45) is -16.5. The summed E-state index contributed by atoms with van der Waals surface area (Å²) in [7, 11) is 0. The summed E-state index contributed by atoms with van der Waals surface area (Å²) in [5, 5.41) is 11.7. The maximum absolute atomic E-state index is 13.9. The Hall–Kier alpha value is -3.85. The van der Waals surface area contributed by atoms with Gasteiger partial charge in [-0.15, -0.1) is 0 Å². The average Bonchev–Trinajstić information content (AvgIpc) is 2.85. The van der Waals surface area contributed by atoms with Gasteiger partial charge >= 0.3 is 18.5 Å². The van der Waals surface area contributed by atoms with Gasteiger partial charge < -0.3 is 16.2 Å². The Labute approximate surface area is 236 Å². The van der Waals surface area contributed by atoms with E-state index in [9.17, 15) is 59.0 Å². The first kappa shape index (κ1) is 34.4. The Kier molecular flexibility index (Phi) is 10.3. The molecule has 0 aliphatic heterocycles. The zero-order valence-electron chi connectivity index (χ0n) is 21.1. The highest BCUT2D eigenvalue weighted by atomic mass is 35.5. The molecular formula is C26H20ClF9N2O4. The molecule has 0 saturated heterocycles. The van der Waals surface area contributed by atoms with E-state index in [-0.39, 0.29) is 28.0 Å². The summed E-state index contributed by atoms with van der Waals surface area (Å²) in [4.78, 5) is 34.4. The van der Waals surface area contributed by atoms with Crippen molar-refractivity contribution in [1.29, 1.82) is 0 Å². The van der Waals surface area contributed by atoms with Gasteiger partial charge in [0.05, 0.1) is 12.0 Å². The predicted octanol–water partition coefficient (Wildman–Crippen LogP) is 6.32. The topological polar surface area (TPSA) is 109 Å². The van der Waals surface area contributed by atoms with Crippen molar-refractivity contribution in [1.82, 2.24) is 5.32 Å². The fourth-order valence-corrected chi connectivity index (χ4v) is 3.90. The number of amides is 2. The zero-order valence-corrected chi connectivity index (χ0v) is 21.9. The van der Waals surface area contributed by atoms with Crippen LogP contribution < -0.4 is 11.1 Å². The number of aliphatic hydroxyl groups is 1. The lowest BCUT2D eigenvalue weighted by Gasteiger charge is -2.31. The van der Waals surface area contributed by atoms with Crippen LogP contribution in [0.25, 0.3) is 10.8 Å². The monoisotopic (exact) mass is 630 g/mol. The number of halogens is 10. The van der Waals surface area contributed by atoms with Gasteiger partial charge in [-0.2, -0.15) is 39.5 Å². The maximum atomic E-state index is 13.9. The third-order valence-electron chi connectivity index (χ3n) is 5.62. The van der Waals surface area contributed by atoms with Crippen molar-refractivity contribution in [3.63, 3.8) is 0 Å². The quantitative estimate of drug-likeness (QED) is 0.219. The maximum Gasteiger partial charge on any atom is 0.421 e. The number of benzene rings is 3. The van der Waals surface area contributed by atoms with E-state index in [1.807, 2.05) is 0 Å². The molecule has 3 rings (SSSR count). The Morgan fingerprint density at radius 2 is 1.33 bits per heavy atom. The van der Waals surface area contributed by atoms with Gasteiger partial charge in [0, 0.05) is 23.1 Å². The van der Waals surface area contributed by atoms with Crippen LogP contribution in [0.3, 0.4) is 0 Å². The molecule has 0 fully saturated rings. The molecule has 0 aliphatic carbocycles. The molecule has 0 radical (unpaired) electrons. The minimum atomic E-state index is -5.53. The number of Topliss-reactive ketones (excluding diaryl/α,β-unsaturated/α-hetero) is 1. The SMILES string of the molecule is CC(=O)NCC(F)(F)F.NC(=O)c1ccc(C(=O)CC(O)(c2cc(Cl)cc(C(F)(F)F)c2)C(F)(F)F)c2ccccc12. The number of nitrogens with one attached hydrogen (secondary N) is 1. The minimum absolute atomic E-state index is 0.0119. The van der Waals surface area contributed by atoms with E-state index in [1.165, 1.54) is 24.3 Å². The molecule has 2 amide bonds. The largest absolute Gasteiger partial charge is 0.421 e. The molecule has 6 nitrogen and oxygen atoms in total. The van der Waals surface area contributed by atoms with Crippen LogP contribution in [0.15, 0.2) is 54.6 Å². The smallest absolute Gasteiger partial charge is 0.376 e. The minimum Gasteiger partial charge on any atom is -0.376 e. The van der Waals surface area contributed by atoms with Crippen LogP contribution in [-0.2, 0) is 16.6 Å². The Balaban J connectivity index is 0.000000592. The van der Waals surface area contributed by atoms with Crippen LogP contribution in [0.1, 0.15) is 45.2 Å². The van der Waals surface area contributed by atoms with Crippen LogP contribution in [0.4, 0.5) is 39.5 Å². The van der Waals surface area contributed by atoms with E-state index in [2.05, 4.69) is 0 Å². The van der Waals surface area contributed by atoms with Gasteiger partial charge in [-0.25, -0.2) is 0 Å². The second-order valence-corrected chi connectivity index (χ2v) is 9.22. The molecule has 0 heterocycles. The fraction of sp³-hybridized carbons (Fsp3) is 0.269. The van der Waals surface area contributed by atoms with Gasteiger partial charge in [0.1, 0.15) is 6.54 Å². The molecule has 228 valence electrons. The van der Waals surface area contributed by atoms with E-state index < -0.39 is 70.8 Å². The molecule has 1 atom stereocenters. The normalized spacial score (nSPS) is 13.5. The van der Waals surface area contributed by atoms with Crippen molar-refractivity contribution in [2.75, 3.05) is 6.54 Å². The summed E-state index contributed by atoms with van der Waals surface area (Å²) in [6, 6.07) is 9.00. The van der Waals surface area contributed by atoms with Crippen molar-refractivity contribution < 1.29 is 59.0 Å². The van der Waals surface area contributed by atoms with Crippen molar-refractivity contribution in [3.8, 4) is 0 Å². The molecule has 0 spiro atoms. The first-order chi connectivity index (χ1) is 19.1. The first-order valence-electron chi connectivity index (χ1n) is 11.4. The standard InChI is InChI=1S/C22H14ClF6NO3.C4H6F3NO/c23-13-8-11(7-12(9-13)21(24,25)26)20(33,22(27,28)29)10-18(31)16-5-6-17(19(30)32)15-4-2-1-3-14(15)16;1-3(9)8-2-4(5,6)7/h1-9,33H,10H2,(H2,30,32);2H2,1H3,(H,8,9). The molecule has 3 aromatic carbocycles. The van der Waals surface area contributed by atoms with Crippen molar-refractivity contribution >= 4 is 40.0 Å². The van der Waals surface area contributed by atoms with Gasteiger partial charge in [0.15, 0.2) is 11.4 Å². The average molecular weight is 631 g/mol. The van der Waals surface area contributed by atoms with Crippen LogP contribution in [0.2, 0.25) is 5.02 Å². The van der Waals surface area contributed by atoms with E-state index in [4.69, 9.17) is 17.3 Å². The van der Waals surface area contributed by atoms with Crippen LogP contribution in [0.5, 0.6) is 0 Å². The van der Waals surface area contributed by atoms with E-state index in [0.717, 1.165) is 19.1 Å². The van der Waals surface area contributed by atoms with Gasteiger partial charge in [0.25, 0.3) is 0 Å².